The van der Waals surface area contributed by atoms with Crippen LogP contribution in [-0.2, 0) is 9.59 Å². The van der Waals surface area contributed by atoms with E-state index >= 15 is 0 Å². The number of hydrogen-bond acceptors (Lipinski definition) is 3. The van der Waals surface area contributed by atoms with Gasteiger partial charge in [-0.15, -0.1) is 0 Å². The smallest absolute Gasteiger partial charge is 0.303 e. The van der Waals surface area contributed by atoms with Crippen molar-refractivity contribution < 1.29 is 19.5 Å². The average Bonchev–Trinajstić information content (AvgIpc) is 2.57. The third-order valence-electron chi connectivity index (χ3n) is 4.13. The Bertz CT molecular complexity index is 620. The van der Waals surface area contributed by atoms with E-state index in [1.165, 1.54) is 6.07 Å². The summed E-state index contributed by atoms with van der Waals surface area (Å²) in [6.07, 6.45) is 3.19. The second-order valence-corrected chi connectivity index (χ2v) is 6.30. The Balaban J connectivity index is 1.89. The summed E-state index contributed by atoms with van der Waals surface area (Å²) in [5.41, 5.74) is 0.399. The van der Waals surface area contributed by atoms with E-state index in [1.807, 2.05) is 0 Å². The number of carboxylic acids is 1. The van der Waals surface area contributed by atoms with E-state index in [0.717, 1.165) is 19.3 Å². The summed E-state index contributed by atoms with van der Waals surface area (Å²) >= 11 is 5.85. The number of carbonyl (C=O) groups excluding carboxylic acids is 2. The topological polar surface area (TPSA) is 86.7 Å². The highest BCUT2D eigenvalue weighted by Gasteiger charge is 2.27. The van der Waals surface area contributed by atoms with Crippen LogP contribution in [0.5, 0.6) is 0 Å². The molecule has 24 heavy (non-hydrogen) atoms. The maximum atomic E-state index is 12.4. The molecule has 2 N–H and O–H groups in total. The highest BCUT2D eigenvalue weighted by molar-refractivity contribution is 6.30. The van der Waals surface area contributed by atoms with Gasteiger partial charge >= 0.3 is 5.97 Å². The third-order valence-corrected chi connectivity index (χ3v) is 4.36. The molecule has 1 aromatic rings. The van der Waals surface area contributed by atoms with Gasteiger partial charge in [-0.1, -0.05) is 17.7 Å². The Kier molecular flexibility index (Phi) is 6.61. The van der Waals surface area contributed by atoms with Gasteiger partial charge in [-0.05, 0) is 43.9 Å². The van der Waals surface area contributed by atoms with Crippen molar-refractivity contribution in [3.63, 3.8) is 0 Å². The van der Waals surface area contributed by atoms with E-state index in [9.17, 15) is 14.4 Å². The molecule has 0 aliphatic carbocycles. The van der Waals surface area contributed by atoms with Crippen LogP contribution in [0.4, 0.5) is 0 Å². The molecule has 1 heterocycles. The van der Waals surface area contributed by atoms with Crippen molar-refractivity contribution in [3.8, 4) is 0 Å². The molecule has 1 unspecified atom stereocenters. The molecule has 0 radical (unpaired) electrons. The molecular formula is C17H21ClN2O4. The van der Waals surface area contributed by atoms with Crippen LogP contribution in [0.15, 0.2) is 24.3 Å². The van der Waals surface area contributed by atoms with E-state index in [-0.39, 0.29) is 30.8 Å². The van der Waals surface area contributed by atoms with Crippen molar-refractivity contribution in [2.45, 2.75) is 38.1 Å². The van der Waals surface area contributed by atoms with E-state index in [4.69, 9.17) is 16.7 Å². The molecule has 1 fully saturated rings. The molecule has 7 heteroatoms. The van der Waals surface area contributed by atoms with Crippen molar-refractivity contribution in [3.05, 3.63) is 34.9 Å². The van der Waals surface area contributed by atoms with Gasteiger partial charge in [0.05, 0.1) is 6.54 Å². The molecule has 2 amide bonds. The molecule has 2 rings (SSSR count). The van der Waals surface area contributed by atoms with Crippen LogP contribution >= 0.6 is 11.6 Å². The Labute approximate surface area is 145 Å². The zero-order valence-corrected chi connectivity index (χ0v) is 14.1. The second-order valence-electron chi connectivity index (χ2n) is 5.86. The Morgan fingerprint density at radius 3 is 2.79 bits per heavy atom. The largest absolute Gasteiger partial charge is 0.481 e. The van der Waals surface area contributed by atoms with Gasteiger partial charge in [0.2, 0.25) is 5.91 Å². The summed E-state index contributed by atoms with van der Waals surface area (Å²) in [4.78, 5) is 36.9. The van der Waals surface area contributed by atoms with Crippen LogP contribution in [-0.4, -0.2) is 46.9 Å². The van der Waals surface area contributed by atoms with Crippen molar-refractivity contribution in [2.24, 2.45) is 0 Å². The zero-order chi connectivity index (χ0) is 17.5. The van der Waals surface area contributed by atoms with Gasteiger partial charge in [0, 0.05) is 29.6 Å². The fourth-order valence-corrected chi connectivity index (χ4v) is 3.10. The van der Waals surface area contributed by atoms with Crippen molar-refractivity contribution in [1.29, 1.82) is 0 Å². The minimum absolute atomic E-state index is 0.0450. The number of likely N-dealkylation sites (tertiary alicyclic amines) is 1. The van der Waals surface area contributed by atoms with Crippen molar-refractivity contribution >= 4 is 29.4 Å². The lowest BCUT2D eigenvalue weighted by atomic mass is 9.98. The molecule has 130 valence electrons. The normalized spacial score (nSPS) is 17.4. The standard InChI is InChI=1S/C17H21ClN2O4/c18-13-5-3-4-12(10-13)17(24)19-11-15(21)20-9-2-1-6-14(20)7-8-16(22)23/h3-5,10,14H,1-2,6-9,11H2,(H,19,24)(H,22,23). The minimum Gasteiger partial charge on any atom is -0.481 e. The molecular weight excluding hydrogens is 332 g/mol. The highest BCUT2D eigenvalue weighted by Crippen LogP contribution is 2.21. The number of nitrogens with one attached hydrogen (secondary N) is 1. The predicted molar refractivity (Wildman–Crippen MR) is 90.0 cm³/mol. The Hall–Kier alpha value is -2.08. The molecule has 0 saturated carbocycles. The summed E-state index contributed by atoms with van der Waals surface area (Å²) in [6, 6.07) is 6.45. The number of rotatable bonds is 6. The van der Waals surface area contributed by atoms with Gasteiger partial charge in [0.15, 0.2) is 0 Å². The fraction of sp³-hybridized carbons (Fsp3) is 0.471. The Morgan fingerprint density at radius 1 is 1.29 bits per heavy atom. The molecule has 1 aliphatic heterocycles. The second kappa shape index (κ2) is 8.68. The highest BCUT2D eigenvalue weighted by atomic mass is 35.5. The third kappa shape index (κ3) is 5.23. The van der Waals surface area contributed by atoms with E-state index in [2.05, 4.69) is 5.32 Å². The molecule has 0 spiro atoms. The summed E-state index contributed by atoms with van der Waals surface area (Å²) in [6.45, 7) is 0.505. The van der Waals surface area contributed by atoms with Gasteiger partial charge in [0.1, 0.15) is 0 Å². The van der Waals surface area contributed by atoms with Crippen molar-refractivity contribution in [1.82, 2.24) is 10.2 Å². The summed E-state index contributed by atoms with van der Waals surface area (Å²) in [5.74, 6) is -1.40. The van der Waals surface area contributed by atoms with E-state index in [1.54, 1.807) is 23.1 Å². The van der Waals surface area contributed by atoms with Crippen molar-refractivity contribution in [2.75, 3.05) is 13.1 Å². The van der Waals surface area contributed by atoms with Crippen LogP contribution in [0, 0.1) is 0 Å². The molecule has 0 bridgehead atoms. The lowest BCUT2D eigenvalue weighted by Crippen LogP contribution is -2.48. The number of nitrogens with zero attached hydrogens (tertiary/aromatic N) is 1. The first-order chi connectivity index (χ1) is 11.5. The SMILES string of the molecule is O=C(O)CCC1CCCCN1C(=O)CNC(=O)c1cccc(Cl)c1. The maximum Gasteiger partial charge on any atom is 0.303 e. The number of aliphatic carboxylic acids is 1. The van der Waals surface area contributed by atoms with Crippen LogP contribution in [0.25, 0.3) is 0 Å². The van der Waals surface area contributed by atoms with Gasteiger partial charge < -0.3 is 15.3 Å². The molecule has 6 nitrogen and oxygen atoms in total. The lowest BCUT2D eigenvalue weighted by Gasteiger charge is -2.35. The predicted octanol–water partition coefficient (Wildman–Crippen LogP) is 2.32. The quantitative estimate of drug-likeness (QED) is 0.822. The molecule has 1 aliphatic rings. The van der Waals surface area contributed by atoms with Crippen LogP contribution in [0.1, 0.15) is 42.5 Å². The average molecular weight is 353 g/mol. The molecule has 1 aromatic carbocycles. The van der Waals surface area contributed by atoms with Gasteiger partial charge in [-0.3, -0.25) is 14.4 Å². The monoisotopic (exact) mass is 352 g/mol. The lowest BCUT2D eigenvalue weighted by molar-refractivity contribution is -0.139. The number of carboxylic acid groups (broad SMARTS) is 1. The van der Waals surface area contributed by atoms with Gasteiger partial charge in [0.25, 0.3) is 5.91 Å². The number of carbonyl (C=O) groups is 3. The van der Waals surface area contributed by atoms with Crippen LogP contribution in [0.2, 0.25) is 5.02 Å². The number of benzene rings is 1. The summed E-state index contributed by atoms with van der Waals surface area (Å²) in [5, 5.41) is 11.9. The molecule has 0 aromatic heterocycles. The first-order valence-corrected chi connectivity index (χ1v) is 8.40. The molecule has 1 atom stereocenters. The molecule has 1 saturated heterocycles. The number of halogens is 1. The zero-order valence-electron chi connectivity index (χ0n) is 13.3. The van der Waals surface area contributed by atoms with E-state index < -0.39 is 5.97 Å². The maximum absolute atomic E-state index is 12.4. The number of hydrogen-bond donors (Lipinski definition) is 2. The first kappa shape index (κ1) is 18.3. The Morgan fingerprint density at radius 2 is 2.08 bits per heavy atom. The van der Waals surface area contributed by atoms with Crippen LogP contribution in [0.3, 0.4) is 0 Å². The number of amides is 2. The van der Waals surface area contributed by atoms with E-state index in [0.29, 0.717) is 23.6 Å². The first-order valence-electron chi connectivity index (χ1n) is 8.02. The summed E-state index contributed by atoms with van der Waals surface area (Å²) < 4.78 is 0. The van der Waals surface area contributed by atoms with Crippen LogP contribution < -0.4 is 5.32 Å². The fourth-order valence-electron chi connectivity index (χ4n) is 2.91. The van der Waals surface area contributed by atoms with Gasteiger partial charge in [-0.2, -0.15) is 0 Å². The number of piperidine rings is 1. The van der Waals surface area contributed by atoms with Gasteiger partial charge in [-0.25, -0.2) is 0 Å². The minimum atomic E-state index is -0.859. The summed E-state index contributed by atoms with van der Waals surface area (Å²) in [7, 11) is 0.